The van der Waals surface area contributed by atoms with Gasteiger partial charge >= 0.3 is 0 Å². The number of rotatable bonds is 4. The lowest BCUT2D eigenvalue weighted by atomic mass is 10.2. The van der Waals surface area contributed by atoms with Gasteiger partial charge in [-0.15, -0.1) is 0 Å². The molecule has 0 saturated carbocycles. The Balaban J connectivity index is 1.86. The van der Waals surface area contributed by atoms with Crippen molar-refractivity contribution in [1.29, 1.82) is 0 Å². The number of hydrogen-bond acceptors (Lipinski definition) is 6. The smallest absolute Gasteiger partial charge is 0.287 e. The molecular formula is C13H10N6O2. The van der Waals surface area contributed by atoms with E-state index in [1.807, 2.05) is 18.2 Å². The molecule has 8 nitrogen and oxygen atoms in total. The Kier molecular flexibility index (Phi) is 3.26. The van der Waals surface area contributed by atoms with Gasteiger partial charge in [-0.3, -0.25) is 20.2 Å². The Labute approximate surface area is 119 Å². The van der Waals surface area contributed by atoms with Gasteiger partial charge in [0.1, 0.15) is 17.7 Å². The van der Waals surface area contributed by atoms with E-state index < -0.39 is 4.92 Å². The molecule has 0 unspecified atom stereocenters. The number of nitro groups is 1. The van der Waals surface area contributed by atoms with Gasteiger partial charge in [-0.1, -0.05) is 6.07 Å². The molecule has 21 heavy (non-hydrogen) atoms. The Morgan fingerprint density at radius 3 is 2.71 bits per heavy atom. The van der Waals surface area contributed by atoms with Crippen LogP contribution in [0.2, 0.25) is 0 Å². The zero-order chi connectivity index (χ0) is 14.7. The minimum Gasteiger partial charge on any atom is -0.337 e. The standard InChI is InChI=1S/C13H10N6O2/c20-19(21)9-4-5-12(15-7-9)17-11-8-16-18-13(11)10-3-1-2-6-14-10/h1-8H,(H,15,17)(H,16,18). The minimum atomic E-state index is -0.492. The van der Waals surface area contributed by atoms with Gasteiger partial charge in [0.05, 0.1) is 22.5 Å². The molecule has 0 radical (unpaired) electrons. The molecule has 2 N–H and O–H groups in total. The summed E-state index contributed by atoms with van der Waals surface area (Å²) >= 11 is 0. The molecule has 3 aromatic rings. The highest BCUT2D eigenvalue weighted by Crippen LogP contribution is 2.26. The van der Waals surface area contributed by atoms with Crippen molar-refractivity contribution >= 4 is 17.2 Å². The fourth-order valence-electron chi connectivity index (χ4n) is 1.79. The first-order valence-electron chi connectivity index (χ1n) is 6.06. The zero-order valence-corrected chi connectivity index (χ0v) is 10.7. The second-order valence-electron chi connectivity index (χ2n) is 4.16. The number of nitrogens with zero attached hydrogens (tertiary/aromatic N) is 4. The summed E-state index contributed by atoms with van der Waals surface area (Å²) in [5.41, 5.74) is 2.09. The second kappa shape index (κ2) is 5.37. The van der Waals surface area contributed by atoms with Crippen LogP contribution in [0.25, 0.3) is 11.4 Å². The van der Waals surface area contributed by atoms with E-state index in [9.17, 15) is 10.1 Å². The first kappa shape index (κ1) is 12.7. The van der Waals surface area contributed by atoms with Crippen molar-refractivity contribution in [3.8, 4) is 11.4 Å². The first-order chi connectivity index (χ1) is 10.2. The fraction of sp³-hybridized carbons (Fsp3) is 0. The molecule has 3 aromatic heterocycles. The third-order valence-corrected chi connectivity index (χ3v) is 2.78. The van der Waals surface area contributed by atoms with E-state index in [4.69, 9.17) is 0 Å². The maximum atomic E-state index is 10.6. The van der Waals surface area contributed by atoms with E-state index in [0.717, 1.165) is 11.4 Å². The molecule has 3 rings (SSSR count). The summed E-state index contributed by atoms with van der Waals surface area (Å²) in [6.45, 7) is 0. The third kappa shape index (κ3) is 2.68. The summed E-state index contributed by atoms with van der Waals surface area (Å²) in [4.78, 5) is 18.3. The molecule has 0 saturated heterocycles. The van der Waals surface area contributed by atoms with Crippen molar-refractivity contribution in [1.82, 2.24) is 20.2 Å². The number of H-pyrrole nitrogens is 1. The Morgan fingerprint density at radius 2 is 2.05 bits per heavy atom. The molecule has 0 atom stereocenters. The van der Waals surface area contributed by atoms with Crippen LogP contribution in [-0.2, 0) is 0 Å². The van der Waals surface area contributed by atoms with E-state index in [-0.39, 0.29) is 5.69 Å². The van der Waals surface area contributed by atoms with Crippen LogP contribution >= 0.6 is 0 Å². The molecule has 0 spiro atoms. The Bertz CT molecular complexity index is 754. The Hall–Kier alpha value is -3.29. The monoisotopic (exact) mass is 282 g/mol. The van der Waals surface area contributed by atoms with Gasteiger partial charge in [-0.05, 0) is 18.2 Å². The van der Waals surface area contributed by atoms with Gasteiger partial charge < -0.3 is 5.32 Å². The van der Waals surface area contributed by atoms with E-state index in [2.05, 4.69) is 25.5 Å². The lowest BCUT2D eigenvalue weighted by molar-refractivity contribution is -0.385. The van der Waals surface area contributed by atoms with E-state index >= 15 is 0 Å². The number of aromatic nitrogens is 4. The molecule has 8 heteroatoms. The molecule has 3 heterocycles. The van der Waals surface area contributed by atoms with E-state index in [0.29, 0.717) is 11.5 Å². The first-order valence-corrected chi connectivity index (χ1v) is 6.06. The van der Waals surface area contributed by atoms with Gasteiger partial charge in [0.15, 0.2) is 0 Å². The molecular weight excluding hydrogens is 272 g/mol. The summed E-state index contributed by atoms with van der Waals surface area (Å²) in [5, 5.41) is 20.5. The highest BCUT2D eigenvalue weighted by Gasteiger charge is 2.10. The average Bonchev–Trinajstić information content (AvgIpc) is 2.97. The number of pyridine rings is 2. The topological polar surface area (TPSA) is 110 Å². The van der Waals surface area contributed by atoms with Crippen LogP contribution < -0.4 is 5.32 Å². The van der Waals surface area contributed by atoms with E-state index in [1.54, 1.807) is 12.4 Å². The average molecular weight is 282 g/mol. The van der Waals surface area contributed by atoms with Gasteiger partial charge in [0.25, 0.3) is 5.69 Å². The molecule has 0 bridgehead atoms. The van der Waals surface area contributed by atoms with Crippen molar-refractivity contribution in [2.24, 2.45) is 0 Å². The zero-order valence-electron chi connectivity index (χ0n) is 10.7. The largest absolute Gasteiger partial charge is 0.337 e. The van der Waals surface area contributed by atoms with Crippen molar-refractivity contribution in [3.05, 3.63) is 59.0 Å². The van der Waals surface area contributed by atoms with Gasteiger partial charge in [0.2, 0.25) is 0 Å². The quantitative estimate of drug-likeness (QED) is 0.562. The van der Waals surface area contributed by atoms with E-state index in [1.165, 1.54) is 18.3 Å². The van der Waals surface area contributed by atoms with Crippen LogP contribution in [0.4, 0.5) is 17.2 Å². The minimum absolute atomic E-state index is 0.0577. The maximum Gasteiger partial charge on any atom is 0.287 e. The van der Waals surface area contributed by atoms with Crippen molar-refractivity contribution in [2.45, 2.75) is 0 Å². The van der Waals surface area contributed by atoms with Gasteiger partial charge in [0, 0.05) is 12.3 Å². The molecule has 0 aliphatic rings. The van der Waals surface area contributed by atoms with Gasteiger partial charge in [-0.25, -0.2) is 4.98 Å². The number of hydrogen-bond donors (Lipinski definition) is 2. The van der Waals surface area contributed by atoms with Crippen LogP contribution in [-0.4, -0.2) is 25.1 Å². The number of aromatic amines is 1. The Morgan fingerprint density at radius 1 is 1.14 bits per heavy atom. The van der Waals surface area contributed by atoms with Gasteiger partial charge in [-0.2, -0.15) is 5.10 Å². The lowest BCUT2D eigenvalue weighted by Gasteiger charge is -2.05. The summed E-state index contributed by atoms with van der Waals surface area (Å²) in [5.74, 6) is 0.485. The van der Waals surface area contributed by atoms with Crippen LogP contribution in [0.5, 0.6) is 0 Å². The predicted octanol–water partition coefficient (Wildman–Crippen LogP) is 2.52. The SMILES string of the molecule is O=[N+]([O-])c1ccc(Nc2cn[nH]c2-c2ccccn2)nc1. The predicted molar refractivity (Wildman–Crippen MR) is 76.0 cm³/mol. The summed E-state index contributed by atoms with van der Waals surface area (Å²) in [6, 6.07) is 8.47. The molecule has 0 amide bonds. The van der Waals surface area contributed by atoms with Crippen LogP contribution in [0.15, 0.2) is 48.9 Å². The van der Waals surface area contributed by atoms with Crippen LogP contribution in [0.3, 0.4) is 0 Å². The highest BCUT2D eigenvalue weighted by molar-refractivity contribution is 5.74. The summed E-state index contributed by atoms with van der Waals surface area (Å²) in [7, 11) is 0. The molecule has 0 fully saturated rings. The number of nitrogens with one attached hydrogen (secondary N) is 2. The van der Waals surface area contributed by atoms with Crippen molar-refractivity contribution < 1.29 is 4.92 Å². The molecule has 0 aromatic carbocycles. The van der Waals surface area contributed by atoms with Crippen LogP contribution in [0, 0.1) is 10.1 Å². The summed E-state index contributed by atoms with van der Waals surface area (Å²) in [6.07, 6.45) is 4.49. The fourth-order valence-corrected chi connectivity index (χ4v) is 1.79. The molecule has 0 aliphatic carbocycles. The van der Waals surface area contributed by atoms with Crippen molar-refractivity contribution in [3.63, 3.8) is 0 Å². The second-order valence-corrected chi connectivity index (χ2v) is 4.16. The lowest BCUT2D eigenvalue weighted by Crippen LogP contribution is -1.96. The van der Waals surface area contributed by atoms with Crippen molar-refractivity contribution in [2.75, 3.05) is 5.32 Å². The number of anilines is 2. The normalized spacial score (nSPS) is 10.3. The summed E-state index contributed by atoms with van der Waals surface area (Å²) < 4.78 is 0. The molecule has 104 valence electrons. The van der Waals surface area contributed by atoms with Crippen LogP contribution in [0.1, 0.15) is 0 Å². The highest BCUT2D eigenvalue weighted by atomic mass is 16.6. The third-order valence-electron chi connectivity index (χ3n) is 2.78. The molecule has 0 aliphatic heterocycles. The maximum absolute atomic E-state index is 10.6.